The van der Waals surface area contributed by atoms with Crippen molar-refractivity contribution >= 4 is 35.9 Å². The lowest BCUT2D eigenvalue weighted by Crippen LogP contribution is -2.47. The molecular formula is C23H40IN9. The number of aryl methyl sites for hydroxylation is 2. The van der Waals surface area contributed by atoms with Crippen LogP contribution in [-0.4, -0.2) is 82.5 Å². The summed E-state index contributed by atoms with van der Waals surface area (Å²) >= 11 is 0. The molecule has 0 saturated carbocycles. The van der Waals surface area contributed by atoms with E-state index in [2.05, 4.69) is 63.2 Å². The van der Waals surface area contributed by atoms with Crippen molar-refractivity contribution in [2.75, 3.05) is 50.7 Å². The second-order valence-electron chi connectivity index (χ2n) is 8.51. The summed E-state index contributed by atoms with van der Waals surface area (Å²) in [7, 11) is 2.00. The van der Waals surface area contributed by atoms with Crippen LogP contribution in [0.15, 0.2) is 23.5 Å². The number of hydrogen-bond donors (Lipinski definition) is 2. The topological polar surface area (TPSA) is 86.5 Å². The van der Waals surface area contributed by atoms with Crippen LogP contribution in [0.1, 0.15) is 37.2 Å². The second kappa shape index (κ2) is 13.7. The number of piperazine rings is 1. The zero-order chi connectivity index (χ0) is 22.9. The van der Waals surface area contributed by atoms with Gasteiger partial charge >= 0.3 is 0 Å². The molecule has 3 heterocycles. The van der Waals surface area contributed by atoms with Crippen molar-refractivity contribution in [3.63, 3.8) is 0 Å². The minimum absolute atomic E-state index is 0. The summed E-state index contributed by atoms with van der Waals surface area (Å²) in [6.45, 7) is 15.3. The smallest absolute Gasteiger partial charge is 0.225 e. The van der Waals surface area contributed by atoms with E-state index >= 15 is 0 Å². The number of rotatable bonds is 9. The summed E-state index contributed by atoms with van der Waals surface area (Å²) in [5.41, 5.74) is 3.67. The first-order chi connectivity index (χ1) is 15.5. The first kappa shape index (κ1) is 27.3. The van der Waals surface area contributed by atoms with E-state index in [0.717, 1.165) is 76.3 Å². The Balaban J connectivity index is 0.00000385. The van der Waals surface area contributed by atoms with Crippen molar-refractivity contribution < 1.29 is 0 Å². The van der Waals surface area contributed by atoms with E-state index in [1.54, 1.807) is 0 Å². The lowest BCUT2D eigenvalue weighted by molar-refractivity contribution is 0.255. The Kier molecular flexibility index (Phi) is 11.3. The zero-order valence-corrected chi connectivity index (χ0v) is 23.0. The fraction of sp³-hybridized carbons (Fsp3) is 0.652. The van der Waals surface area contributed by atoms with Gasteiger partial charge in [0.15, 0.2) is 5.96 Å². The maximum absolute atomic E-state index is 4.81. The molecular weight excluding hydrogens is 529 g/mol. The Bertz CT molecular complexity index is 860. The highest BCUT2D eigenvalue weighted by Gasteiger charge is 2.18. The van der Waals surface area contributed by atoms with E-state index in [1.807, 2.05) is 30.2 Å². The van der Waals surface area contributed by atoms with Crippen LogP contribution in [0.3, 0.4) is 0 Å². The molecule has 0 bridgehead atoms. The molecule has 33 heavy (non-hydrogen) atoms. The number of anilines is 1. The molecule has 3 rings (SSSR count). The number of aromatic nitrogens is 4. The van der Waals surface area contributed by atoms with Crippen LogP contribution in [0, 0.1) is 13.8 Å². The van der Waals surface area contributed by atoms with Crippen molar-refractivity contribution in [1.82, 2.24) is 35.3 Å². The Morgan fingerprint density at radius 3 is 2.45 bits per heavy atom. The summed E-state index contributed by atoms with van der Waals surface area (Å²) < 4.78 is 1.96. The van der Waals surface area contributed by atoms with Crippen molar-refractivity contribution in [3.8, 4) is 0 Å². The fourth-order valence-corrected chi connectivity index (χ4v) is 4.13. The number of nitrogens with zero attached hydrogens (tertiary/aromatic N) is 7. The fourth-order valence-electron chi connectivity index (χ4n) is 4.13. The molecule has 1 aliphatic rings. The number of nitrogens with one attached hydrogen (secondary N) is 2. The standard InChI is InChI=1S/C23H39N9.HI/c1-6-24-22(28-18(2)17-21-19(3)29-30(5)20(21)4)25-11-8-12-31-13-15-32(16-14-31)23-26-9-7-10-27-23;/h7,9-10,18H,6,8,11-17H2,1-5H3,(H2,24,25,28);1H. The van der Waals surface area contributed by atoms with Gasteiger partial charge in [-0.3, -0.25) is 14.6 Å². The van der Waals surface area contributed by atoms with Crippen LogP contribution < -0.4 is 15.5 Å². The molecule has 1 saturated heterocycles. The van der Waals surface area contributed by atoms with Crippen LogP contribution in [0.5, 0.6) is 0 Å². The molecule has 2 N–H and O–H groups in total. The Morgan fingerprint density at radius 2 is 1.85 bits per heavy atom. The zero-order valence-electron chi connectivity index (χ0n) is 20.7. The minimum Gasteiger partial charge on any atom is -0.357 e. The predicted molar refractivity (Wildman–Crippen MR) is 146 cm³/mol. The molecule has 1 fully saturated rings. The van der Waals surface area contributed by atoms with Gasteiger partial charge in [-0.1, -0.05) is 0 Å². The number of aliphatic imine (C=N–C) groups is 1. The van der Waals surface area contributed by atoms with Crippen LogP contribution in [-0.2, 0) is 13.5 Å². The van der Waals surface area contributed by atoms with Crippen molar-refractivity contribution in [3.05, 3.63) is 35.4 Å². The molecule has 2 aromatic heterocycles. The van der Waals surface area contributed by atoms with Crippen molar-refractivity contribution in [2.24, 2.45) is 12.0 Å². The minimum atomic E-state index is 0. The molecule has 2 aromatic rings. The average Bonchev–Trinajstić information content (AvgIpc) is 3.03. The van der Waals surface area contributed by atoms with Crippen LogP contribution in [0.4, 0.5) is 5.95 Å². The maximum atomic E-state index is 4.81. The normalized spacial score (nSPS) is 15.8. The lowest BCUT2D eigenvalue weighted by Gasteiger charge is -2.34. The monoisotopic (exact) mass is 569 g/mol. The van der Waals surface area contributed by atoms with Gasteiger partial charge in [0.25, 0.3) is 0 Å². The van der Waals surface area contributed by atoms with Gasteiger partial charge in [0.1, 0.15) is 0 Å². The van der Waals surface area contributed by atoms with Crippen LogP contribution in [0.2, 0.25) is 0 Å². The molecule has 1 aliphatic heterocycles. The Labute approximate surface area is 215 Å². The number of halogens is 1. The predicted octanol–water partition coefficient (Wildman–Crippen LogP) is 2.14. The third-order valence-electron chi connectivity index (χ3n) is 6.01. The largest absolute Gasteiger partial charge is 0.357 e. The summed E-state index contributed by atoms with van der Waals surface area (Å²) in [4.78, 5) is 18.3. The van der Waals surface area contributed by atoms with E-state index in [9.17, 15) is 0 Å². The molecule has 0 amide bonds. The summed E-state index contributed by atoms with van der Waals surface area (Å²) in [5.74, 6) is 1.73. The molecule has 0 radical (unpaired) electrons. The highest BCUT2D eigenvalue weighted by molar-refractivity contribution is 14.0. The summed E-state index contributed by atoms with van der Waals surface area (Å²) in [6.07, 6.45) is 5.60. The van der Waals surface area contributed by atoms with Crippen molar-refractivity contribution in [2.45, 2.75) is 46.6 Å². The highest BCUT2D eigenvalue weighted by atomic mass is 127. The Morgan fingerprint density at radius 1 is 1.15 bits per heavy atom. The number of guanidine groups is 1. The van der Waals surface area contributed by atoms with E-state index in [0.29, 0.717) is 0 Å². The van der Waals surface area contributed by atoms with Gasteiger partial charge in [0, 0.05) is 77.0 Å². The molecule has 0 aliphatic carbocycles. The quantitative estimate of drug-likeness (QED) is 0.207. The first-order valence-corrected chi connectivity index (χ1v) is 11.8. The van der Waals surface area contributed by atoms with E-state index in [4.69, 9.17) is 4.99 Å². The Hall–Kier alpha value is -1.95. The molecule has 184 valence electrons. The van der Waals surface area contributed by atoms with Crippen LogP contribution in [0.25, 0.3) is 0 Å². The molecule has 1 atom stereocenters. The van der Waals surface area contributed by atoms with Gasteiger partial charge in [-0.15, -0.1) is 24.0 Å². The van der Waals surface area contributed by atoms with Gasteiger partial charge in [0.05, 0.1) is 5.69 Å². The number of hydrogen-bond acceptors (Lipinski definition) is 6. The molecule has 0 spiro atoms. The second-order valence-corrected chi connectivity index (χ2v) is 8.51. The third kappa shape index (κ3) is 8.09. The average molecular weight is 570 g/mol. The van der Waals surface area contributed by atoms with Gasteiger partial charge in [0.2, 0.25) is 5.95 Å². The SMILES string of the molecule is CCNC(=NCCCN1CCN(c2ncccn2)CC1)NC(C)Cc1c(C)nn(C)c1C.I. The molecule has 1 unspecified atom stereocenters. The lowest BCUT2D eigenvalue weighted by atomic mass is 10.1. The molecule has 10 heteroatoms. The van der Waals surface area contributed by atoms with Gasteiger partial charge in [-0.25, -0.2) is 9.97 Å². The van der Waals surface area contributed by atoms with Gasteiger partial charge < -0.3 is 15.5 Å². The van der Waals surface area contributed by atoms with E-state index < -0.39 is 0 Å². The maximum Gasteiger partial charge on any atom is 0.225 e. The van der Waals surface area contributed by atoms with Gasteiger partial charge in [-0.2, -0.15) is 5.10 Å². The van der Waals surface area contributed by atoms with E-state index in [-0.39, 0.29) is 30.0 Å². The van der Waals surface area contributed by atoms with Crippen molar-refractivity contribution in [1.29, 1.82) is 0 Å². The van der Waals surface area contributed by atoms with Gasteiger partial charge in [-0.05, 0) is 52.2 Å². The summed E-state index contributed by atoms with van der Waals surface area (Å²) in [5, 5.41) is 11.5. The summed E-state index contributed by atoms with van der Waals surface area (Å²) in [6, 6.07) is 2.14. The first-order valence-electron chi connectivity index (χ1n) is 11.8. The molecule has 0 aromatic carbocycles. The van der Waals surface area contributed by atoms with Crippen LogP contribution >= 0.6 is 24.0 Å². The molecule has 9 nitrogen and oxygen atoms in total. The third-order valence-corrected chi connectivity index (χ3v) is 6.01. The highest BCUT2D eigenvalue weighted by Crippen LogP contribution is 2.14. The van der Waals surface area contributed by atoms with E-state index in [1.165, 1.54) is 11.3 Å².